The Morgan fingerprint density at radius 3 is 2.92 bits per heavy atom. The highest BCUT2D eigenvalue weighted by molar-refractivity contribution is 5.53. The number of imidazole rings is 1. The van der Waals surface area contributed by atoms with Crippen molar-refractivity contribution in [3.63, 3.8) is 0 Å². The minimum absolute atomic E-state index is 0.665. The van der Waals surface area contributed by atoms with E-state index in [-0.39, 0.29) is 0 Å². The van der Waals surface area contributed by atoms with Crippen molar-refractivity contribution in [1.82, 2.24) is 14.5 Å². The summed E-state index contributed by atoms with van der Waals surface area (Å²) in [5.41, 5.74) is 7.52. The Morgan fingerprint density at radius 2 is 2.31 bits per heavy atom. The van der Waals surface area contributed by atoms with Crippen LogP contribution < -0.4 is 5.73 Å². The van der Waals surface area contributed by atoms with Crippen molar-refractivity contribution in [3.8, 4) is 5.82 Å². The largest absolute Gasteiger partial charge is 0.396 e. The third-order valence-electron chi connectivity index (χ3n) is 1.78. The van der Waals surface area contributed by atoms with Crippen LogP contribution >= 0.6 is 0 Å². The van der Waals surface area contributed by atoms with E-state index in [0.29, 0.717) is 5.69 Å². The van der Waals surface area contributed by atoms with Crippen LogP contribution in [0.15, 0.2) is 31.0 Å². The molecule has 2 aromatic heterocycles. The molecule has 0 atom stereocenters. The molecule has 2 N–H and O–H groups in total. The van der Waals surface area contributed by atoms with Gasteiger partial charge in [0.1, 0.15) is 6.33 Å². The van der Waals surface area contributed by atoms with Crippen molar-refractivity contribution in [2.75, 3.05) is 5.73 Å². The van der Waals surface area contributed by atoms with Gasteiger partial charge in [-0.15, -0.1) is 0 Å². The number of pyridine rings is 1. The normalized spacial score (nSPS) is 10.2. The number of anilines is 1. The number of hydrogen-bond donors (Lipinski definition) is 1. The van der Waals surface area contributed by atoms with Crippen LogP contribution in [0, 0.1) is 6.92 Å². The van der Waals surface area contributed by atoms with Gasteiger partial charge in [-0.25, -0.2) is 9.97 Å². The molecule has 4 nitrogen and oxygen atoms in total. The molecule has 0 radical (unpaired) electrons. The third kappa shape index (κ3) is 1.38. The zero-order chi connectivity index (χ0) is 9.26. The van der Waals surface area contributed by atoms with Crippen LogP contribution in [0.2, 0.25) is 0 Å². The van der Waals surface area contributed by atoms with E-state index in [1.807, 2.05) is 19.2 Å². The van der Waals surface area contributed by atoms with E-state index >= 15 is 0 Å². The first-order valence-electron chi connectivity index (χ1n) is 3.98. The van der Waals surface area contributed by atoms with Gasteiger partial charge in [-0.3, -0.25) is 4.57 Å². The number of hydrogen-bond acceptors (Lipinski definition) is 3. The zero-order valence-corrected chi connectivity index (χ0v) is 7.31. The Balaban J connectivity index is 2.53. The predicted octanol–water partition coefficient (Wildman–Crippen LogP) is 1.16. The first-order valence-corrected chi connectivity index (χ1v) is 3.98. The molecule has 0 unspecified atom stereocenters. The minimum Gasteiger partial charge on any atom is -0.396 e. The molecule has 0 bridgehead atoms. The molecule has 0 saturated carbocycles. The summed E-state index contributed by atoms with van der Waals surface area (Å²) in [5, 5.41) is 0. The van der Waals surface area contributed by atoms with Gasteiger partial charge in [0.2, 0.25) is 0 Å². The summed E-state index contributed by atoms with van der Waals surface area (Å²) >= 11 is 0. The second-order valence-corrected chi connectivity index (χ2v) is 2.90. The Bertz CT molecular complexity index is 406. The average molecular weight is 174 g/mol. The van der Waals surface area contributed by atoms with E-state index in [1.54, 1.807) is 23.3 Å². The van der Waals surface area contributed by atoms with Crippen LogP contribution in [0.4, 0.5) is 5.69 Å². The first-order chi connectivity index (χ1) is 6.27. The standard InChI is InChI=1S/C9H10N4/c1-7-4-8(10)9(12-5-7)13-3-2-11-6-13/h2-6H,10H2,1H3. The molecule has 0 saturated heterocycles. The summed E-state index contributed by atoms with van der Waals surface area (Å²) < 4.78 is 1.79. The molecule has 66 valence electrons. The van der Waals surface area contributed by atoms with Gasteiger partial charge >= 0.3 is 0 Å². The number of nitrogens with zero attached hydrogens (tertiary/aromatic N) is 3. The van der Waals surface area contributed by atoms with E-state index in [0.717, 1.165) is 11.4 Å². The molecule has 2 heterocycles. The molecule has 2 rings (SSSR count). The molecule has 0 aliphatic rings. The summed E-state index contributed by atoms with van der Waals surface area (Å²) in [5.74, 6) is 0.725. The maximum Gasteiger partial charge on any atom is 0.161 e. The van der Waals surface area contributed by atoms with Gasteiger partial charge in [0, 0.05) is 18.6 Å². The second-order valence-electron chi connectivity index (χ2n) is 2.90. The Labute approximate surface area is 76.1 Å². The summed E-state index contributed by atoms with van der Waals surface area (Å²) in [6, 6.07) is 1.89. The molecule has 4 heteroatoms. The fraction of sp³-hybridized carbons (Fsp3) is 0.111. The van der Waals surface area contributed by atoms with Crippen LogP contribution in [0.5, 0.6) is 0 Å². The van der Waals surface area contributed by atoms with E-state index in [9.17, 15) is 0 Å². The zero-order valence-electron chi connectivity index (χ0n) is 7.31. The molecule has 13 heavy (non-hydrogen) atoms. The maximum atomic E-state index is 5.80. The molecular formula is C9H10N4. The van der Waals surface area contributed by atoms with Gasteiger partial charge < -0.3 is 5.73 Å². The number of aryl methyl sites for hydroxylation is 1. The van der Waals surface area contributed by atoms with Crippen molar-refractivity contribution in [2.45, 2.75) is 6.92 Å². The number of nitrogens with two attached hydrogens (primary N) is 1. The van der Waals surface area contributed by atoms with Gasteiger partial charge in [0.15, 0.2) is 5.82 Å². The SMILES string of the molecule is Cc1cnc(-n2ccnc2)c(N)c1. The summed E-state index contributed by atoms with van der Waals surface area (Å²) in [4.78, 5) is 8.15. The number of nitrogen functional groups attached to an aromatic ring is 1. The lowest BCUT2D eigenvalue weighted by Gasteiger charge is -2.04. The van der Waals surface area contributed by atoms with E-state index in [2.05, 4.69) is 9.97 Å². The highest BCUT2D eigenvalue weighted by Crippen LogP contribution is 2.14. The highest BCUT2D eigenvalue weighted by Gasteiger charge is 2.01. The van der Waals surface area contributed by atoms with E-state index < -0.39 is 0 Å². The van der Waals surface area contributed by atoms with Gasteiger partial charge in [-0.1, -0.05) is 0 Å². The number of rotatable bonds is 1. The predicted molar refractivity (Wildman–Crippen MR) is 50.5 cm³/mol. The molecule has 0 aliphatic heterocycles. The second kappa shape index (κ2) is 2.90. The fourth-order valence-corrected chi connectivity index (χ4v) is 1.18. The minimum atomic E-state index is 0.665. The van der Waals surface area contributed by atoms with E-state index in [1.165, 1.54) is 0 Å². The molecule has 0 aromatic carbocycles. The van der Waals surface area contributed by atoms with Gasteiger partial charge in [0.25, 0.3) is 0 Å². The summed E-state index contributed by atoms with van der Waals surface area (Å²) in [6.45, 7) is 1.96. The van der Waals surface area contributed by atoms with E-state index in [4.69, 9.17) is 5.73 Å². The lowest BCUT2D eigenvalue weighted by Crippen LogP contribution is -2.00. The van der Waals surface area contributed by atoms with Crippen LogP contribution in [-0.2, 0) is 0 Å². The quantitative estimate of drug-likeness (QED) is 0.705. The van der Waals surface area contributed by atoms with Crippen LogP contribution in [-0.4, -0.2) is 14.5 Å². The fourth-order valence-electron chi connectivity index (χ4n) is 1.18. The van der Waals surface area contributed by atoms with Gasteiger partial charge in [-0.2, -0.15) is 0 Å². The third-order valence-corrected chi connectivity index (χ3v) is 1.78. The van der Waals surface area contributed by atoms with Crippen molar-refractivity contribution in [1.29, 1.82) is 0 Å². The number of aromatic nitrogens is 3. The molecule has 2 aromatic rings. The van der Waals surface area contributed by atoms with Crippen LogP contribution in [0.3, 0.4) is 0 Å². The molecule has 0 aliphatic carbocycles. The van der Waals surface area contributed by atoms with Crippen molar-refractivity contribution in [3.05, 3.63) is 36.5 Å². The molecule has 0 fully saturated rings. The van der Waals surface area contributed by atoms with Crippen molar-refractivity contribution in [2.24, 2.45) is 0 Å². The first kappa shape index (κ1) is 7.79. The monoisotopic (exact) mass is 174 g/mol. The topological polar surface area (TPSA) is 56.7 Å². The van der Waals surface area contributed by atoms with Gasteiger partial charge in [-0.05, 0) is 18.6 Å². The maximum absolute atomic E-state index is 5.80. The van der Waals surface area contributed by atoms with Crippen LogP contribution in [0.25, 0.3) is 5.82 Å². The lowest BCUT2D eigenvalue weighted by molar-refractivity contribution is 0.992. The Hall–Kier alpha value is -1.84. The Morgan fingerprint density at radius 1 is 1.46 bits per heavy atom. The molecule has 0 amide bonds. The van der Waals surface area contributed by atoms with Crippen molar-refractivity contribution >= 4 is 5.69 Å². The van der Waals surface area contributed by atoms with Crippen molar-refractivity contribution < 1.29 is 0 Å². The molecular weight excluding hydrogens is 164 g/mol. The summed E-state index contributed by atoms with van der Waals surface area (Å²) in [6.07, 6.45) is 6.97. The van der Waals surface area contributed by atoms with Gasteiger partial charge in [0.05, 0.1) is 5.69 Å². The summed E-state index contributed by atoms with van der Waals surface area (Å²) in [7, 11) is 0. The van der Waals surface area contributed by atoms with Crippen LogP contribution in [0.1, 0.15) is 5.56 Å². The average Bonchev–Trinajstić information content (AvgIpc) is 2.56. The smallest absolute Gasteiger partial charge is 0.161 e. The Kier molecular flexibility index (Phi) is 1.73. The molecule has 0 spiro atoms. The highest BCUT2D eigenvalue weighted by atomic mass is 15.1. The lowest BCUT2D eigenvalue weighted by atomic mass is 10.3.